The first-order chi connectivity index (χ1) is 38.0. The van der Waals surface area contributed by atoms with Gasteiger partial charge in [0.25, 0.3) is 0 Å². The van der Waals surface area contributed by atoms with Gasteiger partial charge in [0.15, 0.2) is 6.10 Å². The van der Waals surface area contributed by atoms with E-state index < -0.39 is 6.10 Å². The average Bonchev–Trinajstić information content (AvgIpc) is 3.43. The van der Waals surface area contributed by atoms with E-state index in [0.29, 0.717) is 19.3 Å². The van der Waals surface area contributed by atoms with Crippen molar-refractivity contribution in [1.82, 2.24) is 0 Å². The molecule has 0 aromatic heterocycles. The lowest BCUT2D eigenvalue weighted by atomic mass is 10.0. The maximum absolute atomic E-state index is 12.9. The lowest BCUT2D eigenvalue weighted by Crippen LogP contribution is -2.30. The number of hydrogen-bond donors (Lipinski definition) is 0. The van der Waals surface area contributed by atoms with Crippen LogP contribution in [0.1, 0.15) is 355 Å². The third-order valence-corrected chi connectivity index (χ3v) is 15.0. The normalized spacial score (nSPS) is 12.4. The summed E-state index contributed by atoms with van der Waals surface area (Å²) in [5.74, 6) is -0.870. The van der Waals surface area contributed by atoms with E-state index in [-0.39, 0.29) is 31.1 Å². The summed E-state index contributed by atoms with van der Waals surface area (Å²) in [4.78, 5) is 38.4. The minimum absolute atomic E-state index is 0.0764. The highest BCUT2D eigenvalue weighted by molar-refractivity contribution is 5.71. The van der Waals surface area contributed by atoms with E-state index in [1.54, 1.807) is 0 Å². The van der Waals surface area contributed by atoms with Crippen LogP contribution in [0.5, 0.6) is 0 Å². The molecule has 0 saturated carbocycles. The molecule has 0 bridgehead atoms. The fourth-order valence-corrected chi connectivity index (χ4v) is 9.89. The second kappa shape index (κ2) is 65.6. The van der Waals surface area contributed by atoms with E-state index >= 15 is 0 Å². The second-order valence-electron chi connectivity index (χ2n) is 22.7. The van der Waals surface area contributed by atoms with Crippen molar-refractivity contribution >= 4 is 17.9 Å². The SMILES string of the molecule is CCCCCC/C=C\C/C=C\CCCCCCCCCC(=O)OC(COC(=O)CCCCCCCCCC/C=C\C/C=C\C/C=C\CCCCCCC)COC(=O)CCCCCCCCCCCCCCCCCCCC. The van der Waals surface area contributed by atoms with Gasteiger partial charge in [-0.1, -0.05) is 306 Å². The van der Waals surface area contributed by atoms with E-state index in [1.165, 1.54) is 225 Å². The fraction of sp³-hybridized carbons (Fsp3) is 0.817. The lowest BCUT2D eigenvalue weighted by molar-refractivity contribution is -0.167. The van der Waals surface area contributed by atoms with E-state index in [1.807, 2.05) is 0 Å². The Bertz CT molecular complexity index is 1380. The Kier molecular flexibility index (Phi) is 63.2. The maximum atomic E-state index is 12.9. The molecule has 0 saturated heterocycles. The number of carbonyl (C=O) groups is 3. The van der Waals surface area contributed by atoms with Crippen LogP contribution >= 0.6 is 0 Å². The van der Waals surface area contributed by atoms with Crippen molar-refractivity contribution in [2.24, 2.45) is 0 Å². The molecule has 1 unspecified atom stereocenters. The summed E-state index contributed by atoms with van der Waals surface area (Å²) >= 11 is 0. The van der Waals surface area contributed by atoms with Gasteiger partial charge in [-0.15, -0.1) is 0 Å². The van der Waals surface area contributed by atoms with Crippen LogP contribution in [-0.4, -0.2) is 37.2 Å². The molecular formula is C71H128O6. The zero-order chi connectivity index (χ0) is 55.7. The molecule has 0 spiro atoms. The quantitative estimate of drug-likeness (QED) is 0.0261. The van der Waals surface area contributed by atoms with Crippen molar-refractivity contribution in [1.29, 1.82) is 0 Å². The first kappa shape index (κ1) is 74.1. The summed E-state index contributed by atoms with van der Waals surface area (Å²) < 4.78 is 17.0. The number of rotatable bonds is 62. The van der Waals surface area contributed by atoms with Crippen molar-refractivity contribution in [2.45, 2.75) is 361 Å². The van der Waals surface area contributed by atoms with Gasteiger partial charge in [0.1, 0.15) is 13.2 Å². The smallest absolute Gasteiger partial charge is 0.306 e. The van der Waals surface area contributed by atoms with Crippen LogP contribution in [0.4, 0.5) is 0 Å². The Morgan fingerprint density at radius 2 is 0.468 bits per heavy atom. The summed E-state index contributed by atoms with van der Waals surface area (Å²) in [6, 6.07) is 0. The van der Waals surface area contributed by atoms with Crippen LogP contribution in [0.3, 0.4) is 0 Å². The molecular weight excluding hydrogens is 949 g/mol. The molecule has 0 amide bonds. The molecule has 1 atom stereocenters. The maximum Gasteiger partial charge on any atom is 0.306 e. The summed E-state index contributed by atoms with van der Waals surface area (Å²) in [6.45, 7) is 6.66. The van der Waals surface area contributed by atoms with E-state index in [2.05, 4.69) is 81.5 Å². The Morgan fingerprint density at radius 3 is 0.740 bits per heavy atom. The third-order valence-electron chi connectivity index (χ3n) is 15.0. The van der Waals surface area contributed by atoms with Crippen LogP contribution in [0.15, 0.2) is 60.8 Å². The van der Waals surface area contributed by atoms with Gasteiger partial charge in [-0.05, 0) is 89.9 Å². The Morgan fingerprint density at radius 1 is 0.260 bits per heavy atom. The zero-order valence-corrected chi connectivity index (χ0v) is 51.5. The topological polar surface area (TPSA) is 78.9 Å². The van der Waals surface area contributed by atoms with Gasteiger partial charge in [0.2, 0.25) is 0 Å². The molecule has 0 aliphatic carbocycles. The van der Waals surface area contributed by atoms with E-state index in [9.17, 15) is 14.4 Å². The highest BCUT2D eigenvalue weighted by Gasteiger charge is 2.19. The first-order valence-corrected chi connectivity index (χ1v) is 33.8. The van der Waals surface area contributed by atoms with E-state index in [4.69, 9.17) is 14.2 Å². The van der Waals surface area contributed by atoms with Crippen molar-refractivity contribution in [2.75, 3.05) is 13.2 Å². The number of ether oxygens (including phenoxy) is 3. The predicted octanol–water partition coefficient (Wildman–Crippen LogP) is 23.1. The Hall–Kier alpha value is -2.89. The van der Waals surface area contributed by atoms with Crippen molar-refractivity contribution in [3.05, 3.63) is 60.8 Å². The van der Waals surface area contributed by atoms with E-state index in [0.717, 1.165) is 89.9 Å². The average molecular weight is 1080 g/mol. The number of carbonyl (C=O) groups excluding carboxylic acids is 3. The van der Waals surface area contributed by atoms with Crippen molar-refractivity contribution in [3.8, 4) is 0 Å². The lowest BCUT2D eigenvalue weighted by Gasteiger charge is -2.18. The Labute approximate surface area is 479 Å². The summed E-state index contributed by atoms with van der Waals surface area (Å²) in [5.41, 5.74) is 0. The van der Waals surface area contributed by atoms with Crippen LogP contribution < -0.4 is 0 Å². The number of allylic oxidation sites excluding steroid dienone is 10. The number of hydrogen-bond acceptors (Lipinski definition) is 6. The minimum Gasteiger partial charge on any atom is -0.462 e. The van der Waals surface area contributed by atoms with Crippen molar-refractivity contribution in [3.63, 3.8) is 0 Å². The van der Waals surface area contributed by atoms with Gasteiger partial charge in [-0.2, -0.15) is 0 Å². The molecule has 77 heavy (non-hydrogen) atoms. The Balaban J connectivity index is 4.36. The molecule has 0 aliphatic rings. The fourth-order valence-electron chi connectivity index (χ4n) is 9.89. The van der Waals surface area contributed by atoms with Crippen molar-refractivity contribution < 1.29 is 28.6 Å². The summed E-state index contributed by atoms with van der Waals surface area (Å²) in [5, 5.41) is 0. The molecule has 0 heterocycles. The molecule has 0 fully saturated rings. The standard InChI is InChI=1S/C71H128O6/c1-4-7-10-13-16-19-22-25-28-31-34-35-36-37-38-41-43-46-49-52-55-58-61-64-70(73)76-67-68(77-71(74)65-62-59-56-53-50-47-44-40-33-30-27-24-21-18-15-12-9-6-3)66-75-69(72)63-60-57-54-51-48-45-42-39-32-29-26-23-20-17-14-11-8-5-2/h21-22,24-25,30-31,33-34,36-37,68H,4-20,23,26-29,32,35,38-67H2,1-3H3/b24-21-,25-22-,33-30-,34-31-,37-36-. The van der Waals surface area contributed by atoms with Gasteiger partial charge >= 0.3 is 17.9 Å². The number of esters is 3. The van der Waals surface area contributed by atoms with Crippen LogP contribution in [0.2, 0.25) is 0 Å². The van der Waals surface area contributed by atoms with Gasteiger partial charge in [-0.25, -0.2) is 0 Å². The molecule has 448 valence electrons. The highest BCUT2D eigenvalue weighted by Crippen LogP contribution is 2.17. The molecule has 0 aromatic rings. The van der Waals surface area contributed by atoms with Crippen LogP contribution in [0.25, 0.3) is 0 Å². The van der Waals surface area contributed by atoms with Gasteiger partial charge < -0.3 is 14.2 Å². The van der Waals surface area contributed by atoms with Crippen LogP contribution in [-0.2, 0) is 28.6 Å². The molecule has 0 rings (SSSR count). The molecule has 0 aromatic carbocycles. The van der Waals surface area contributed by atoms with Gasteiger partial charge in [-0.3, -0.25) is 14.4 Å². The molecule has 6 heteroatoms. The molecule has 0 aliphatic heterocycles. The number of unbranched alkanes of at least 4 members (excludes halogenated alkanes) is 41. The molecule has 0 N–H and O–H groups in total. The highest BCUT2D eigenvalue weighted by atomic mass is 16.6. The zero-order valence-electron chi connectivity index (χ0n) is 51.5. The van der Waals surface area contributed by atoms with Gasteiger partial charge in [0.05, 0.1) is 0 Å². The minimum atomic E-state index is -0.782. The monoisotopic (exact) mass is 1080 g/mol. The van der Waals surface area contributed by atoms with Gasteiger partial charge in [0, 0.05) is 19.3 Å². The largest absolute Gasteiger partial charge is 0.462 e. The molecule has 0 radical (unpaired) electrons. The summed E-state index contributed by atoms with van der Waals surface area (Å²) in [7, 11) is 0. The predicted molar refractivity (Wildman–Crippen MR) is 335 cm³/mol. The molecule has 6 nitrogen and oxygen atoms in total. The van der Waals surface area contributed by atoms with Crippen LogP contribution in [0, 0.1) is 0 Å². The third kappa shape index (κ3) is 63.8. The first-order valence-electron chi connectivity index (χ1n) is 33.8. The second-order valence-corrected chi connectivity index (χ2v) is 22.7. The summed E-state index contributed by atoms with van der Waals surface area (Å²) in [6.07, 6.45) is 83.7.